The highest BCUT2D eigenvalue weighted by molar-refractivity contribution is 8.27. The number of imidazole rings is 1. The van der Waals surface area contributed by atoms with Crippen molar-refractivity contribution in [2.45, 2.75) is 0 Å². The van der Waals surface area contributed by atoms with Crippen LogP contribution in [0, 0.1) is 0 Å². The van der Waals surface area contributed by atoms with Gasteiger partial charge in [-0.15, -0.1) is 0 Å². The SMILES string of the molecule is Cn1ccnc1/C=C/C(=O)NS(C)=S. The van der Waals surface area contributed by atoms with Crippen LogP contribution in [0.25, 0.3) is 6.08 Å². The number of aryl methyl sites for hydroxylation is 1. The van der Waals surface area contributed by atoms with Gasteiger partial charge >= 0.3 is 0 Å². The Labute approximate surface area is 89.8 Å². The van der Waals surface area contributed by atoms with Crippen molar-refractivity contribution in [1.82, 2.24) is 14.3 Å². The molecule has 76 valence electrons. The second-order valence-electron chi connectivity index (χ2n) is 2.65. The molecule has 0 radical (unpaired) electrons. The predicted octanol–water partition coefficient (Wildman–Crippen LogP) is 0.174. The summed E-state index contributed by atoms with van der Waals surface area (Å²) in [5.74, 6) is 0.550. The zero-order valence-corrected chi connectivity index (χ0v) is 9.56. The van der Waals surface area contributed by atoms with E-state index < -0.39 is 9.64 Å². The van der Waals surface area contributed by atoms with E-state index in [9.17, 15) is 4.79 Å². The molecule has 0 bridgehead atoms. The first-order valence-corrected chi connectivity index (χ1v) is 6.45. The third kappa shape index (κ3) is 3.39. The van der Waals surface area contributed by atoms with E-state index in [4.69, 9.17) is 11.2 Å². The van der Waals surface area contributed by atoms with Crippen molar-refractivity contribution >= 4 is 32.8 Å². The zero-order chi connectivity index (χ0) is 10.6. The largest absolute Gasteiger partial charge is 0.335 e. The van der Waals surface area contributed by atoms with Crippen LogP contribution in [0.1, 0.15) is 5.82 Å². The van der Waals surface area contributed by atoms with Gasteiger partial charge in [0.2, 0.25) is 0 Å². The van der Waals surface area contributed by atoms with E-state index in [0.29, 0.717) is 0 Å². The highest BCUT2D eigenvalue weighted by atomic mass is 32.8. The molecule has 0 saturated carbocycles. The summed E-state index contributed by atoms with van der Waals surface area (Å²) in [6.45, 7) is 0. The first-order chi connectivity index (χ1) is 6.59. The molecule has 1 unspecified atom stereocenters. The van der Waals surface area contributed by atoms with E-state index in [0.717, 1.165) is 5.82 Å². The van der Waals surface area contributed by atoms with E-state index in [2.05, 4.69) is 9.71 Å². The van der Waals surface area contributed by atoms with E-state index in [1.165, 1.54) is 6.08 Å². The summed E-state index contributed by atoms with van der Waals surface area (Å²) in [7, 11) is 1.37. The minimum absolute atomic E-state index is 0.186. The average Bonchev–Trinajstić information content (AvgIpc) is 2.46. The van der Waals surface area contributed by atoms with Gasteiger partial charge in [0.15, 0.2) is 0 Å². The van der Waals surface area contributed by atoms with Crippen molar-refractivity contribution in [3.8, 4) is 0 Å². The van der Waals surface area contributed by atoms with Gasteiger partial charge in [-0.1, -0.05) is 0 Å². The summed E-state index contributed by atoms with van der Waals surface area (Å²) >= 11 is 4.84. The molecule has 1 N–H and O–H groups in total. The third-order valence-electron chi connectivity index (χ3n) is 1.49. The molecule has 1 aromatic heterocycles. The minimum Gasteiger partial charge on any atom is -0.335 e. The Hall–Kier alpha value is -1.01. The van der Waals surface area contributed by atoms with E-state index in [1.807, 2.05) is 17.8 Å². The average molecular weight is 229 g/mol. The molecule has 0 aromatic carbocycles. The lowest BCUT2D eigenvalue weighted by molar-refractivity contribution is -0.114. The lowest BCUT2D eigenvalue weighted by atomic mass is 10.4. The Morgan fingerprint density at radius 1 is 1.79 bits per heavy atom. The lowest BCUT2D eigenvalue weighted by Crippen LogP contribution is -2.21. The topological polar surface area (TPSA) is 46.9 Å². The number of aromatic nitrogens is 2. The van der Waals surface area contributed by atoms with Gasteiger partial charge in [0.05, 0.1) is 0 Å². The molecule has 0 spiro atoms. The van der Waals surface area contributed by atoms with E-state index in [1.54, 1.807) is 18.5 Å². The summed E-state index contributed by atoms with van der Waals surface area (Å²) in [5.41, 5.74) is 0. The number of hydrogen-bond acceptors (Lipinski definition) is 3. The van der Waals surface area contributed by atoms with Gasteiger partial charge in [0.25, 0.3) is 5.91 Å². The molecule has 4 nitrogen and oxygen atoms in total. The summed E-state index contributed by atoms with van der Waals surface area (Å²) in [4.78, 5) is 15.2. The molecule has 0 aliphatic heterocycles. The first kappa shape index (κ1) is 11.1. The summed E-state index contributed by atoms with van der Waals surface area (Å²) in [6.07, 6.45) is 8.33. The van der Waals surface area contributed by atoms with Crippen molar-refractivity contribution in [2.24, 2.45) is 7.05 Å². The predicted molar refractivity (Wildman–Crippen MR) is 61.0 cm³/mol. The molecule has 0 aliphatic carbocycles. The maximum absolute atomic E-state index is 11.2. The van der Waals surface area contributed by atoms with Crippen LogP contribution in [0.5, 0.6) is 0 Å². The first-order valence-electron chi connectivity index (χ1n) is 3.89. The summed E-state index contributed by atoms with van der Waals surface area (Å²) in [6, 6.07) is 0. The molecule has 1 atom stereocenters. The molecule has 14 heavy (non-hydrogen) atoms. The molecule has 1 amide bonds. The van der Waals surface area contributed by atoms with Crippen molar-refractivity contribution in [3.05, 3.63) is 24.3 Å². The number of nitrogens with one attached hydrogen (secondary N) is 1. The number of carbonyl (C=O) groups excluding carboxylic acids is 1. The van der Waals surface area contributed by atoms with Crippen molar-refractivity contribution in [2.75, 3.05) is 6.26 Å². The Kier molecular flexibility index (Phi) is 3.97. The number of amides is 1. The number of nitrogens with zero attached hydrogens (tertiary/aromatic N) is 2. The van der Waals surface area contributed by atoms with Gasteiger partial charge in [-0.25, -0.2) is 4.98 Å². The van der Waals surface area contributed by atoms with Crippen LogP contribution in [0.15, 0.2) is 18.5 Å². The quantitative estimate of drug-likeness (QED) is 0.752. The lowest BCUT2D eigenvalue weighted by Gasteiger charge is -1.97. The Morgan fingerprint density at radius 2 is 2.50 bits per heavy atom. The Bertz CT molecular complexity index is 384. The van der Waals surface area contributed by atoms with Gasteiger partial charge < -0.3 is 4.57 Å². The molecule has 1 aromatic rings. The third-order valence-corrected chi connectivity index (χ3v) is 2.23. The maximum Gasteiger partial charge on any atom is 0.254 e. The Balaban J connectivity index is 2.60. The monoisotopic (exact) mass is 229 g/mol. The molecule has 0 saturated heterocycles. The van der Waals surface area contributed by atoms with Crippen LogP contribution in [0.4, 0.5) is 0 Å². The van der Waals surface area contributed by atoms with E-state index >= 15 is 0 Å². The highest BCUT2D eigenvalue weighted by Crippen LogP contribution is 1.96. The van der Waals surface area contributed by atoms with Crippen LogP contribution in [-0.4, -0.2) is 21.7 Å². The van der Waals surface area contributed by atoms with Gasteiger partial charge in [0, 0.05) is 31.8 Å². The number of rotatable bonds is 3. The van der Waals surface area contributed by atoms with Crippen LogP contribution < -0.4 is 4.72 Å². The van der Waals surface area contributed by atoms with Gasteiger partial charge in [-0.3, -0.25) is 9.52 Å². The summed E-state index contributed by atoms with van der Waals surface area (Å²) < 4.78 is 4.43. The second kappa shape index (κ2) is 5.02. The highest BCUT2D eigenvalue weighted by Gasteiger charge is 1.96. The van der Waals surface area contributed by atoms with Crippen LogP contribution in [-0.2, 0) is 32.7 Å². The van der Waals surface area contributed by atoms with Gasteiger partial charge in [-0.2, -0.15) is 0 Å². The van der Waals surface area contributed by atoms with Gasteiger partial charge in [-0.05, 0) is 26.9 Å². The molecular formula is C8H11N3OS2. The van der Waals surface area contributed by atoms with Crippen LogP contribution in [0.2, 0.25) is 0 Å². The normalized spacial score (nSPS) is 13.0. The summed E-state index contributed by atoms with van der Waals surface area (Å²) in [5, 5.41) is 0. The molecule has 0 aliphatic rings. The van der Waals surface area contributed by atoms with Gasteiger partial charge in [0.1, 0.15) is 5.82 Å². The Morgan fingerprint density at radius 3 is 3.00 bits per heavy atom. The fourth-order valence-corrected chi connectivity index (χ4v) is 1.46. The van der Waals surface area contributed by atoms with Crippen molar-refractivity contribution < 1.29 is 4.79 Å². The zero-order valence-electron chi connectivity index (χ0n) is 7.93. The number of hydrogen-bond donors (Lipinski definition) is 1. The minimum atomic E-state index is -0.494. The maximum atomic E-state index is 11.2. The smallest absolute Gasteiger partial charge is 0.254 e. The standard InChI is InChI=1S/C8H11N3OS2/c1-11-6-5-9-7(11)3-4-8(12)10-14(2)13/h3-6H,1-2H3,(H,10,12)/b4-3+. The molecule has 1 rings (SSSR count). The molecular weight excluding hydrogens is 218 g/mol. The molecule has 0 fully saturated rings. The van der Waals surface area contributed by atoms with Crippen molar-refractivity contribution in [3.63, 3.8) is 0 Å². The van der Waals surface area contributed by atoms with Crippen LogP contribution >= 0.6 is 0 Å². The fourth-order valence-electron chi connectivity index (χ4n) is 0.864. The number of carbonyl (C=O) groups is 1. The van der Waals surface area contributed by atoms with Crippen LogP contribution in [0.3, 0.4) is 0 Å². The van der Waals surface area contributed by atoms with E-state index in [-0.39, 0.29) is 5.91 Å². The molecule has 6 heteroatoms. The fraction of sp³-hybridized carbons (Fsp3) is 0.250. The second-order valence-corrected chi connectivity index (χ2v) is 5.26. The van der Waals surface area contributed by atoms with Crippen molar-refractivity contribution in [1.29, 1.82) is 0 Å². The molecule has 1 heterocycles.